The van der Waals surface area contributed by atoms with Gasteiger partial charge in [0.25, 0.3) is 5.09 Å². The van der Waals surface area contributed by atoms with Gasteiger partial charge in [-0.05, 0) is 0 Å². The van der Waals surface area contributed by atoms with Crippen molar-refractivity contribution in [1.29, 1.82) is 0 Å². The van der Waals surface area contributed by atoms with Crippen LogP contribution in [-0.4, -0.2) is 20.1 Å². The number of nitrogens with zero attached hydrogens (tertiary/aromatic N) is 1. The average molecular weight is 183 g/mol. The Balaban J connectivity index is -0.0000000720. The van der Waals surface area contributed by atoms with Gasteiger partial charge in [-0.3, -0.25) is 0 Å². The van der Waals surface area contributed by atoms with Gasteiger partial charge in [0.15, 0.2) is 0 Å². The Morgan fingerprint density at radius 1 is 1.44 bits per heavy atom. The van der Waals surface area contributed by atoms with Crippen molar-refractivity contribution in [2.45, 2.75) is 0 Å². The molecule has 0 amide bonds. The summed E-state index contributed by atoms with van der Waals surface area (Å²) in [5, 5.41) is 13.6. The first-order valence-electron chi connectivity index (χ1n) is 1.15. The molecule has 0 saturated carbocycles. The number of rotatable bonds is 0. The molecular formula is H3KNO6P. The van der Waals surface area contributed by atoms with Crippen molar-refractivity contribution < 1.29 is 76.4 Å². The summed E-state index contributed by atoms with van der Waals surface area (Å²) in [6.07, 6.45) is 0. The smallest absolute Gasteiger partial charge is 0.786 e. The number of hydrogen-bond acceptors (Lipinski definition) is 5. The van der Waals surface area contributed by atoms with Crippen LogP contribution in [0.3, 0.4) is 0 Å². The molecule has 0 aliphatic rings. The van der Waals surface area contributed by atoms with Crippen LogP contribution < -0.4 is 56.3 Å². The molecule has 9 heavy (non-hydrogen) atoms. The van der Waals surface area contributed by atoms with Crippen molar-refractivity contribution in [1.82, 2.24) is 0 Å². The minimum atomic E-state index is -2.87. The Hall–Kier alpha value is 1.15. The minimum Gasteiger partial charge on any atom is -0.786 e. The third-order valence-corrected chi connectivity index (χ3v) is 0. The maximum absolute atomic E-state index is 8.70. The van der Waals surface area contributed by atoms with Crippen molar-refractivity contribution in [2.75, 3.05) is 0 Å². The Morgan fingerprint density at radius 2 is 1.44 bits per heavy atom. The van der Waals surface area contributed by atoms with Gasteiger partial charge in [-0.2, -0.15) is 0 Å². The molecule has 0 aromatic rings. The third kappa shape index (κ3) is 355. The van der Waals surface area contributed by atoms with Crippen LogP contribution >= 0.6 is 8.60 Å². The van der Waals surface area contributed by atoms with Crippen molar-refractivity contribution in [3.63, 3.8) is 0 Å². The molecule has 7 nitrogen and oxygen atoms in total. The molecule has 50 valence electrons. The summed E-state index contributed by atoms with van der Waals surface area (Å²) >= 11 is 0. The van der Waals surface area contributed by atoms with E-state index < -0.39 is 13.7 Å². The van der Waals surface area contributed by atoms with Crippen molar-refractivity contribution in [2.24, 2.45) is 0 Å². The molecule has 0 aliphatic heterocycles. The van der Waals surface area contributed by atoms with Crippen LogP contribution in [0, 0.1) is 10.1 Å². The molecule has 0 spiro atoms. The summed E-state index contributed by atoms with van der Waals surface area (Å²) in [5.41, 5.74) is 0. The molecule has 0 heterocycles. The molecule has 9 heteroatoms. The van der Waals surface area contributed by atoms with Gasteiger partial charge in [0.1, 0.15) is 0 Å². The first-order valence-corrected chi connectivity index (χ1v) is 2.31. The zero-order valence-electron chi connectivity index (χ0n) is 4.46. The van der Waals surface area contributed by atoms with E-state index in [2.05, 4.69) is 0 Å². The Kier molecular flexibility index (Phi) is 21.9. The SMILES string of the molecule is O=[N+]([O-])O.[K+].[O-]P(O)O. The summed E-state index contributed by atoms with van der Waals surface area (Å²) < 4.78 is 0. The van der Waals surface area contributed by atoms with Crippen LogP contribution in [0.2, 0.25) is 0 Å². The van der Waals surface area contributed by atoms with Gasteiger partial charge in [0.05, 0.1) is 8.60 Å². The summed E-state index contributed by atoms with van der Waals surface area (Å²) in [6, 6.07) is 0. The van der Waals surface area contributed by atoms with Crippen LogP contribution in [0.5, 0.6) is 0 Å². The van der Waals surface area contributed by atoms with Crippen molar-refractivity contribution >= 4 is 8.60 Å². The van der Waals surface area contributed by atoms with Crippen LogP contribution in [0.4, 0.5) is 0 Å². The first-order chi connectivity index (χ1) is 3.46. The van der Waals surface area contributed by atoms with Crippen LogP contribution in [-0.2, 0) is 0 Å². The molecule has 0 unspecified atom stereocenters. The van der Waals surface area contributed by atoms with E-state index >= 15 is 0 Å². The molecule has 0 saturated heterocycles. The standard InChI is InChI=1S/K.HNO3.H2O3P/c;2-1(3)4;1-4(2)3/h;(H,2,3,4);1-2H/q+1;;-1. The fourth-order valence-corrected chi connectivity index (χ4v) is 0. The molecule has 0 bridgehead atoms. The second kappa shape index (κ2) is 11.9. The van der Waals surface area contributed by atoms with Gasteiger partial charge in [0.2, 0.25) is 0 Å². The second-order valence-electron chi connectivity index (χ2n) is 0.491. The monoisotopic (exact) mass is 183 g/mol. The van der Waals surface area contributed by atoms with E-state index in [9.17, 15) is 0 Å². The maximum atomic E-state index is 8.70. The van der Waals surface area contributed by atoms with E-state index in [4.69, 9.17) is 30.0 Å². The van der Waals surface area contributed by atoms with Crippen molar-refractivity contribution in [3.8, 4) is 0 Å². The molecule has 0 aromatic carbocycles. The van der Waals surface area contributed by atoms with Gasteiger partial charge < -0.3 is 19.9 Å². The Bertz CT molecular complexity index is 57.3. The summed E-state index contributed by atoms with van der Waals surface area (Å²) in [6.45, 7) is 0. The zero-order chi connectivity index (χ0) is 7.15. The Labute approximate surface area is 93.8 Å². The molecule has 3 N–H and O–H groups in total. The number of hydrogen-bond donors (Lipinski definition) is 3. The Morgan fingerprint density at radius 3 is 1.44 bits per heavy atom. The molecule has 0 atom stereocenters. The van der Waals surface area contributed by atoms with E-state index in [1.807, 2.05) is 0 Å². The minimum absolute atomic E-state index is 0. The molecular weight excluding hydrogens is 180 g/mol. The quantitative estimate of drug-likeness (QED) is 0.150. The molecule has 0 rings (SSSR count). The molecule has 0 fully saturated rings. The van der Waals surface area contributed by atoms with Gasteiger partial charge in [-0.1, -0.05) is 0 Å². The van der Waals surface area contributed by atoms with E-state index in [1.54, 1.807) is 0 Å². The molecule has 0 aliphatic carbocycles. The topological polar surface area (TPSA) is 127 Å². The van der Waals surface area contributed by atoms with E-state index in [0.717, 1.165) is 0 Å². The maximum Gasteiger partial charge on any atom is 1.00 e. The fourth-order valence-electron chi connectivity index (χ4n) is 0. The van der Waals surface area contributed by atoms with Gasteiger partial charge >= 0.3 is 51.4 Å². The summed E-state index contributed by atoms with van der Waals surface area (Å²) in [5.74, 6) is 0. The molecule has 0 aromatic heterocycles. The van der Waals surface area contributed by atoms with Crippen LogP contribution in [0.1, 0.15) is 0 Å². The third-order valence-electron chi connectivity index (χ3n) is 0. The fraction of sp³-hybridized carbons (Fsp3) is 0. The van der Waals surface area contributed by atoms with E-state index in [1.165, 1.54) is 0 Å². The van der Waals surface area contributed by atoms with Crippen molar-refractivity contribution in [3.05, 3.63) is 10.1 Å². The first kappa shape index (κ1) is 16.6. The predicted octanol–water partition coefficient (Wildman–Crippen LogP) is -4.79. The summed E-state index contributed by atoms with van der Waals surface area (Å²) in [7, 11) is -2.87. The average Bonchev–Trinajstić information content (AvgIpc) is 1.25. The van der Waals surface area contributed by atoms with E-state index in [0.29, 0.717) is 0 Å². The zero-order valence-corrected chi connectivity index (χ0v) is 8.48. The second-order valence-corrected chi connectivity index (χ2v) is 0.996. The largest absolute Gasteiger partial charge is 1.00 e. The molecule has 0 radical (unpaired) electrons. The van der Waals surface area contributed by atoms with Crippen LogP contribution in [0.15, 0.2) is 0 Å². The predicted molar refractivity (Wildman–Crippen MR) is 20.1 cm³/mol. The van der Waals surface area contributed by atoms with Gasteiger partial charge in [0, 0.05) is 0 Å². The summed E-state index contributed by atoms with van der Waals surface area (Å²) in [4.78, 5) is 31.3. The van der Waals surface area contributed by atoms with Gasteiger partial charge in [-0.25, -0.2) is 0 Å². The van der Waals surface area contributed by atoms with E-state index in [-0.39, 0.29) is 51.4 Å². The van der Waals surface area contributed by atoms with Gasteiger partial charge in [-0.15, -0.1) is 10.1 Å². The normalized spacial score (nSPS) is 6.67. The van der Waals surface area contributed by atoms with Crippen LogP contribution in [0.25, 0.3) is 0 Å².